The minimum atomic E-state index is -0.265. The molecule has 3 aromatic carbocycles. The standard InChI is InChI=1S/C26H27Cl2N3O/c1-19(26(32)29-23-14-8-13-22(27)24(23)28)30-15-17-31(18-16-30)25(20-9-4-2-5-10-20)21-11-6-3-7-12-21/h2-14,19,25H,15-18H2,1H3,(H,29,32)/t19-/m1/s1. The molecule has 3 aromatic rings. The van der Waals surface area contributed by atoms with Crippen molar-refractivity contribution in [2.75, 3.05) is 31.5 Å². The Balaban J connectivity index is 1.43. The van der Waals surface area contributed by atoms with E-state index in [4.69, 9.17) is 23.2 Å². The topological polar surface area (TPSA) is 35.6 Å². The van der Waals surface area contributed by atoms with Crippen LogP contribution in [0.3, 0.4) is 0 Å². The number of nitrogens with one attached hydrogen (secondary N) is 1. The van der Waals surface area contributed by atoms with Crippen molar-refractivity contribution in [3.8, 4) is 0 Å². The van der Waals surface area contributed by atoms with Crippen molar-refractivity contribution in [2.24, 2.45) is 0 Å². The molecule has 0 spiro atoms. The van der Waals surface area contributed by atoms with Crippen LogP contribution in [0, 0.1) is 0 Å². The number of hydrogen-bond donors (Lipinski definition) is 1. The van der Waals surface area contributed by atoms with Gasteiger partial charge in [-0.1, -0.05) is 89.9 Å². The van der Waals surface area contributed by atoms with Gasteiger partial charge in [-0.2, -0.15) is 0 Å². The van der Waals surface area contributed by atoms with Gasteiger partial charge in [0.05, 0.1) is 27.8 Å². The third kappa shape index (κ3) is 5.16. The van der Waals surface area contributed by atoms with E-state index in [2.05, 4.69) is 75.8 Å². The molecule has 1 amide bonds. The summed E-state index contributed by atoms with van der Waals surface area (Å²) < 4.78 is 0. The predicted molar refractivity (Wildman–Crippen MR) is 132 cm³/mol. The van der Waals surface area contributed by atoms with E-state index in [-0.39, 0.29) is 18.0 Å². The predicted octanol–water partition coefficient (Wildman–Crippen LogP) is 5.73. The highest BCUT2D eigenvalue weighted by Gasteiger charge is 2.30. The lowest BCUT2D eigenvalue weighted by atomic mass is 9.96. The van der Waals surface area contributed by atoms with Crippen molar-refractivity contribution in [3.05, 3.63) is 100 Å². The summed E-state index contributed by atoms with van der Waals surface area (Å²) in [4.78, 5) is 17.6. The van der Waals surface area contributed by atoms with Gasteiger partial charge < -0.3 is 5.32 Å². The Hall–Kier alpha value is -2.37. The van der Waals surface area contributed by atoms with Gasteiger partial charge in [0.25, 0.3) is 0 Å². The van der Waals surface area contributed by atoms with Gasteiger partial charge in [-0.3, -0.25) is 14.6 Å². The highest BCUT2D eigenvalue weighted by atomic mass is 35.5. The summed E-state index contributed by atoms with van der Waals surface area (Å²) in [6, 6.07) is 26.4. The first-order valence-corrected chi connectivity index (χ1v) is 11.6. The summed E-state index contributed by atoms with van der Waals surface area (Å²) in [5.74, 6) is -0.0784. The number of carbonyl (C=O) groups excluding carboxylic acids is 1. The monoisotopic (exact) mass is 467 g/mol. The number of nitrogens with zero attached hydrogens (tertiary/aromatic N) is 2. The molecule has 32 heavy (non-hydrogen) atoms. The smallest absolute Gasteiger partial charge is 0.241 e. The molecule has 1 aliphatic rings. The Labute approximate surface area is 199 Å². The molecule has 0 aliphatic carbocycles. The Morgan fingerprint density at radius 2 is 1.31 bits per heavy atom. The van der Waals surface area contributed by atoms with Crippen molar-refractivity contribution >= 4 is 34.8 Å². The molecule has 1 aliphatic heterocycles. The van der Waals surface area contributed by atoms with Crippen molar-refractivity contribution in [1.82, 2.24) is 9.80 Å². The summed E-state index contributed by atoms with van der Waals surface area (Å²) in [5.41, 5.74) is 3.12. The Morgan fingerprint density at radius 1 is 0.781 bits per heavy atom. The Bertz CT molecular complexity index is 998. The first-order valence-electron chi connectivity index (χ1n) is 10.9. The van der Waals surface area contributed by atoms with Gasteiger partial charge >= 0.3 is 0 Å². The fraction of sp³-hybridized carbons (Fsp3) is 0.269. The molecule has 1 heterocycles. The molecule has 4 rings (SSSR count). The number of amides is 1. The number of benzene rings is 3. The second kappa shape index (κ2) is 10.5. The van der Waals surface area contributed by atoms with E-state index >= 15 is 0 Å². The van der Waals surface area contributed by atoms with E-state index in [0.717, 1.165) is 26.2 Å². The number of anilines is 1. The Morgan fingerprint density at radius 3 is 1.88 bits per heavy atom. The number of hydrogen-bond acceptors (Lipinski definition) is 3. The zero-order valence-electron chi connectivity index (χ0n) is 18.0. The SMILES string of the molecule is C[C@H](C(=O)Nc1cccc(Cl)c1Cl)N1CCN(C(c2ccccc2)c2ccccc2)CC1. The zero-order valence-corrected chi connectivity index (χ0v) is 19.6. The van der Waals surface area contributed by atoms with Crippen LogP contribution in [0.2, 0.25) is 10.0 Å². The number of carbonyl (C=O) groups is 1. The van der Waals surface area contributed by atoms with Gasteiger partial charge in [-0.25, -0.2) is 0 Å². The second-order valence-electron chi connectivity index (χ2n) is 8.06. The molecule has 0 saturated carbocycles. The fourth-order valence-corrected chi connectivity index (χ4v) is 4.62. The number of rotatable bonds is 6. The van der Waals surface area contributed by atoms with Gasteiger partial charge in [0, 0.05) is 26.2 Å². The van der Waals surface area contributed by atoms with E-state index in [0.29, 0.717) is 15.7 Å². The van der Waals surface area contributed by atoms with E-state index < -0.39 is 0 Å². The summed E-state index contributed by atoms with van der Waals surface area (Å²) in [6.45, 7) is 5.32. The summed E-state index contributed by atoms with van der Waals surface area (Å²) in [7, 11) is 0. The Kier molecular flexibility index (Phi) is 7.48. The van der Waals surface area contributed by atoms with Crippen molar-refractivity contribution in [1.29, 1.82) is 0 Å². The van der Waals surface area contributed by atoms with Crippen LogP contribution in [0.15, 0.2) is 78.9 Å². The molecule has 4 nitrogen and oxygen atoms in total. The molecule has 1 saturated heterocycles. The van der Waals surface area contributed by atoms with Gasteiger partial charge in [-0.05, 0) is 30.2 Å². The maximum absolute atomic E-state index is 12.9. The minimum Gasteiger partial charge on any atom is -0.323 e. The van der Waals surface area contributed by atoms with Crippen LogP contribution >= 0.6 is 23.2 Å². The maximum atomic E-state index is 12.9. The first-order chi connectivity index (χ1) is 15.5. The molecular weight excluding hydrogens is 441 g/mol. The van der Waals surface area contributed by atoms with Crippen LogP contribution in [0.4, 0.5) is 5.69 Å². The van der Waals surface area contributed by atoms with Crippen molar-refractivity contribution in [3.63, 3.8) is 0 Å². The zero-order chi connectivity index (χ0) is 22.5. The molecule has 166 valence electrons. The average Bonchev–Trinajstić information content (AvgIpc) is 2.83. The largest absolute Gasteiger partial charge is 0.323 e. The van der Waals surface area contributed by atoms with E-state index in [1.54, 1.807) is 18.2 Å². The molecule has 1 N–H and O–H groups in total. The second-order valence-corrected chi connectivity index (χ2v) is 8.85. The lowest BCUT2D eigenvalue weighted by Gasteiger charge is -2.41. The summed E-state index contributed by atoms with van der Waals surface area (Å²) >= 11 is 12.3. The highest BCUT2D eigenvalue weighted by Crippen LogP contribution is 2.31. The lowest BCUT2D eigenvalue weighted by Crippen LogP contribution is -2.53. The molecule has 0 unspecified atom stereocenters. The van der Waals surface area contributed by atoms with Crippen molar-refractivity contribution < 1.29 is 4.79 Å². The van der Waals surface area contributed by atoms with Gasteiger partial charge in [0.2, 0.25) is 5.91 Å². The van der Waals surface area contributed by atoms with Crippen LogP contribution in [-0.2, 0) is 4.79 Å². The number of halogens is 2. The normalized spacial score (nSPS) is 16.1. The first kappa shape index (κ1) is 22.8. The molecule has 0 bridgehead atoms. The molecule has 1 atom stereocenters. The molecule has 6 heteroatoms. The van der Waals surface area contributed by atoms with Crippen LogP contribution in [0.5, 0.6) is 0 Å². The van der Waals surface area contributed by atoms with Gasteiger partial charge in [0.1, 0.15) is 0 Å². The van der Waals surface area contributed by atoms with Crippen LogP contribution in [0.1, 0.15) is 24.1 Å². The van der Waals surface area contributed by atoms with E-state index in [9.17, 15) is 4.79 Å². The third-order valence-electron chi connectivity index (χ3n) is 6.08. The van der Waals surface area contributed by atoms with Crippen LogP contribution < -0.4 is 5.32 Å². The molecule has 0 aromatic heterocycles. The maximum Gasteiger partial charge on any atom is 0.241 e. The van der Waals surface area contributed by atoms with Crippen LogP contribution in [0.25, 0.3) is 0 Å². The van der Waals surface area contributed by atoms with E-state index in [1.807, 2.05) is 6.92 Å². The number of piperazine rings is 1. The van der Waals surface area contributed by atoms with Crippen LogP contribution in [-0.4, -0.2) is 47.9 Å². The third-order valence-corrected chi connectivity index (χ3v) is 6.90. The fourth-order valence-electron chi connectivity index (χ4n) is 4.27. The summed E-state index contributed by atoms with van der Waals surface area (Å²) in [6.07, 6.45) is 0. The molecule has 0 radical (unpaired) electrons. The van der Waals surface area contributed by atoms with Crippen molar-refractivity contribution in [2.45, 2.75) is 19.0 Å². The lowest BCUT2D eigenvalue weighted by molar-refractivity contribution is -0.121. The molecule has 1 fully saturated rings. The molecular formula is C26H27Cl2N3O. The van der Waals surface area contributed by atoms with Gasteiger partial charge in [0.15, 0.2) is 0 Å². The summed E-state index contributed by atoms with van der Waals surface area (Å²) in [5, 5.41) is 3.72. The van der Waals surface area contributed by atoms with Gasteiger partial charge in [-0.15, -0.1) is 0 Å². The average molecular weight is 468 g/mol. The quantitative estimate of drug-likeness (QED) is 0.502. The minimum absolute atomic E-state index is 0.0784. The highest BCUT2D eigenvalue weighted by molar-refractivity contribution is 6.44. The van der Waals surface area contributed by atoms with E-state index in [1.165, 1.54) is 11.1 Å².